The molecule has 0 atom stereocenters. The Kier molecular flexibility index (Phi) is 5.62. The zero-order valence-electron chi connectivity index (χ0n) is 13.2. The SMILES string of the molecule is Cc1ccc(C)c(OCCNC(=O)C2CCOCC2)c1C. The van der Waals surface area contributed by atoms with Crippen molar-refractivity contribution in [1.82, 2.24) is 5.32 Å². The molecular formula is C17H25NO3. The summed E-state index contributed by atoms with van der Waals surface area (Å²) in [5.74, 6) is 1.16. The van der Waals surface area contributed by atoms with Gasteiger partial charge in [0.05, 0.1) is 6.54 Å². The second-order valence-electron chi connectivity index (χ2n) is 5.68. The molecule has 1 aliphatic rings. The summed E-state index contributed by atoms with van der Waals surface area (Å²) in [6, 6.07) is 4.17. The molecule has 1 aromatic carbocycles. The minimum atomic E-state index is 0.0983. The maximum Gasteiger partial charge on any atom is 0.223 e. The molecule has 1 amide bonds. The molecular weight excluding hydrogens is 266 g/mol. The van der Waals surface area contributed by atoms with Crippen LogP contribution in [-0.4, -0.2) is 32.3 Å². The number of benzene rings is 1. The first-order chi connectivity index (χ1) is 10.1. The van der Waals surface area contributed by atoms with Gasteiger partial charge in [0.1, 0.15) is 12.4 Å². The maximum absolute atomic E-state index is 12.0. The number of amides is 1. The van der Waals surface area contributed by atoms with Gasteiger partial charge in [-0.15, -0.1) is 0 Å². The largest absolute Gasteiger partial charge is 0.491 e. The molecule has 1 N–H and O–H groups in total. The van der Waals surface area contributed by atoms with E-state index in [9.17, 15) is 4.79 Å². The van der Waals surface area contributed by atoms with Gasteiger partial charge >= 0.3 is 0 Å². The van der Waals surface area contributed by atoms with E-state index >= 15 is 0 Å². The number of nitrogens with one attached hydrogen (secondary N) is 1. The van der Waals surface area contributed by atoms with Crippen molar-refractivity contribution in [3.05, 3.63) is 28.8 Å². The molecule has 0 aliphatic carbocycles. The fourth-order valence-electron chi connectivity index (χ4n) is 2.58. The van der Waals surface area contributed by atoms with Gasteiger partial charge in [0.25, 0.3) is 0 Å². The van der Waals surface area contributed by atoms with Crippen LogP contribution in [0.25, 0.3) is 0 Å². The Morgan fingerprint density at radius 2 is 1.90 bits per heavy atom. The van der Waals surface area contributed by atoms with Crippen molar-refractivity contribution in [3.8, 4) is 5.75 Å². The van der Waals surface area contributed by atoms with Crippen molar-refractivity contribution in [2.75, 3.05) is 26.4 Å². The predicted molar refractivity (Wildman–Crippen MR) is 82.7 cm³/mol. The Bertz CT molecular complexity index is 493. The number of carbonyl (C=O) groups excluding carboxylic acids is 1. The summed E-state index contributed by atoms with van der Waals surface area (Å²) in [6.07, 6.45) is 1.64. The van der Waals surface area contributed by atoms with Crippen LogP contribution in [0.3, 0.4) is 0 Å². The van der Waals surface area contributed by atoms with Crippen LogP contribution in [0.5, 0.6) is 5.75 Å². The molecule has 0 bridgehead atoms. The first-order valence-electron chi connectivity index (χ1n) is 7.64. The molecule has 0 unspecified atom stereocenters. The number of hydrogen-bond donors (Lipinski definition) is 1. The van der Waals surface area contributed by atoms with Crippen LogP contribution in [0, 0.1) is 26.7 Å². The predicted octanol–water partition coefficient (Wildman–Crippen LogP) is 2.53. The first-order valence-corrected chi connectivity index (χ1v) is 7.64. The number of carbonyl (C=O) groups is 1. The molecule has 0 saturated carbocycles. The molecule has 116 valence electrons. The molecule has 1 heterocycles. The molecule has 4 nitrogen and oxygen atoms in total. The van der Waals surface area contributed by atoms with Crippen LogP contribution in [-0.2, 0) is 9.53 Å². The van der Waals surface area contributed by atoms with Gasteiger partial charge in [-0.25, -0.2) is 0 Å². The molecule has 4 heteroatoms. The van der Waals surface area contributed by atoms with Gasteiger partial charge in [-0.1, -0.05) is 12.1 Å². The quantitative estimate of drug-likeness (QED) is 0.848. The summed E-state index contributed by atoms with van der Waals surface area (Å²) >= 11 is 0. The van der Waals surface area contributed by atoms with Crippen molar-refractivity contribution >= 4 is 5.91 Å². The first kappa shape index (κ1) is 15.8. The second-order valence-corrected chi connectivity index (χ2v) is 5.68. The van der Waals surface area contributed by atoms with Crippen LogP contribution in [0.1, 0.15) is 29.5 Å². The maximum atomic E-state index is 12.0. The highest BCUT2D eigenvalue weighted by atomic mass is 16.5. The van der Waals surface area contributed by atoms with Gasteiger partial charge in [0.15, 0.2) is 0 Å². The summed E-state index contributed by atoms with van der Waals surface area (Å²) in [4.78, 5) is 12.0. The molecule has 0 spiro atoms. The standard InChI is InChI=1S/C17H25NO3/c1-12-4-5-13(2)16(14(12)3)21-11-8-18-17(19)15-6-9-20-10-7-15/h4-5,15H,6-11H2,1-3H3,(H,18,19). The summed E-state index contributed by atoms with van der Waals surface area (Å²) in [5.41, 5.74) is 3.53. The van der Waals surface area contributed by atoms with Crippen molar-refractivity contribution in [2.45, 2.75) is 33.6 Å². The number of hydrogen-bond acceptors (Lipinski definition) is 3. The van der Waals surface area contributed by atoms with Gasteiger partial charge in [-0.2, -0.15) is 0 Å². The highest BCUT2D eigenvalue weighted by Gasteiger charge is 2.20. The van der Waals surface area contributed by atoms with Crippen molar-refractivity contribution in [3.63, 3.8) is 0 Å². The molecule has 0 radical (unpaired) electrons. The summed E-state index contributed by atoms with van der Waals surface area (Å²) < 4.78 is 11.1. The highest BCUT2D eigenvalue weighted by molar-refractivity contribution is 5.78. The van der Waals surface area contributed by atoms with Gasteiger partial charge < -0.3 is 14.8 Å². The fraction of sp³-hybridized carbons (Fsp3) is 0.588. The minimum absolute atomic E-state index is 0.0983. The number of aryl methyl sites for hydroxylation is 2. The topological polar surface area (TPSA) is 47.6 Å². The third-order valence-corrected chi connectivity index (χ3v) is 4.11. The van der Waals surface area contributed by atoms with E-state index in [-0.39, 0.29) is 11.8 Å². The van der Waals surface area contributed by atoms with E-state index in [4.69, 9.17) is 9.47 Å². The van der Waals surface area contributed by atoms with Crippen LogP contribution in [0.15, 0.2) is 12.1 Å². The third-order valence-electron chi connectivity index (χ3n) is 4.11. The summed E-state index contributed by atoms with van der Waals surface area (Å²) in [6.45, 7) is 8.62. The molecule has 1 fully saturated rings. The zero-order valence-corrected chi connectivity index (χ0v) is 13.2. The van der Waals surface area contributed by atoms with Crippen molar-refractivity contribution in [1.29, 1.82) is 0 Å². The Hall–Kier alpha value is -1.55. The van der Waals surface area contributed by atoms with E-state index in [1.807, 2.05) is 6.92 Å². The molecule has 1 aliphatic heterocycles. The molecule has 0 aromatic heterocycles. The van der Waals surface area contributed by atoms with E-state index in [0.29, 0.717) is 26.4 Å². The lowest BCUT2D eigenvalue weighted by atomic mass is 9.99. The number of rotatable bonds is 5. The normalized spacial score (nSPS) is 15.8. The number of ether oxygens (including phenoxy) is 2. The minimum Gasteiger partial charge on any atom is -0.491 e. The van der Waals surface area contributed by atoms with E-state index in [0.717, 1.165) is 24.2 Å². The van der Waals surface area contributed by atoms with Crippen LogP contribution < -0.4 is 10.1 Å². The Morgan fingerprint density at radius 3 is 2.62 bits per heavy atom. The van der Waals surface area contributed by atoms with Gasteiger partial charge in [0, 0.05) is 19.1 Å². The second kappa shape index (κ2) is 7.46. The van der Waals surface area contributed by atoms with E-state index in [1.165, 1.54) is 11.1 Å². The molecule has 1 saturated heterocycles. The molecule has 1 aromatic rings. The van der Waals surface area contributed by atoms with Gasteiger partial charge in [-0.3, -0.25) is 4.79 Å². The summed E-state index contributed by atoms with van der Waals surface area (Å²) in [7, 11) is 0. The lowest BCUT2D eigenvalue weighted by Crippen LogP contribution is -2.36. The van der Waals surface area contributed by atoms with Crippen molar-refractivity contribution < 1.29 is 14.3 Å². The average molecular weight is 291 g/mol. The Balaban J connectivity index is 1.77. The highest BCUT2D eigenvalue weighted by Crippen LogP contribution is 2.25. The fourth-order valence-corrected chi connectivity index (χ4v) is 2.58. The Morgan fingerprint density at radius 1 is 1.24 bits per heavy atom. The molecule has 2 rings (SSSR count). The average Bonchev–Trinajstić information content (AvgIpc) is 2.51. The lowest BCUT2D eigenvalue weighted by molar-refractivity contribution is -0.127. The van der Waals surface area contributed by atoms with Gasteiger partial charge in [0.2, 0.25) is 5.91 Å². The van der Waals surface area contributed by atoms with E-state index in [2.05, 4.69) is 31.3 Å². The van der Waals surface area contributed by atoms with E-state index < -0.39 is 0 Å². The smallest absolute Gasteiger partial charge is 0.223 e. The third kappa shape index (κ3) is 4.21. The summed E-state index contributed by atoms with van der Waals surface area (Å²) in [5, 5.41) is 2.96. The Labute approximate surface area is 126 Å². The van der Waals surface area contributed by atoms with Gasteiger partial charge in [-0.05, 0) is 50.3 Å². The van der Waals surface area contributed by atoms with E-state index in [1.54, 1.807) is 0 Å². The van der Waals surface area contributed by atoms with Crippen LogP contribution in [0.2, 0.25) is 0 Å². The van der Waals surface area contributed by atoms with Crippen LogP contribution in [0.4, 0.5) is 0 Å². The van der Waals surface area contributed by atoms with Crippen molar-refractivity contribution in [2.24, 2.45) is 5.92 Å². The monoisotopic (exact) mass is 291 g/mol. The van der Waals surface area contributed by atoms with Crippen LogP contribution >= 0.6 is 0 Å². The zero-order chi connectivity index (χ0) is 15.2. The molecule has 21 heavy (non-hydrogen) atoms. The lowest BCUT2D eigenvalue weighted by Gasteiger charge is -2.21.